The first kappa shape index (κ1) is 21.3. The zero-order valence-corrected chi connectivity index (χ0v) is 19.8. The Morgan fingerprint density at radius 3 is 2.50 bits per heavy atom. The lowest BCUT2D eigenvalue weighted by Crippen LogP contribution is -2.17. The van der Waals surface area contributed by atoms with Crippen LogP contribution in [0.2, 0.25) is 0 Å². The van der Waals surface area contributed by atoms with E-state index in [0.29, 0.717) is 17.6 Å². The Hall–Kier alpha value is -1.92. The van der Waals surface area contributed by atoms with Gasteiger partial charge < -0.3 is 5.32 Å². The van der Waals surface area contributed by atoms with Crippen molar-refractivity contribution in [3.63, 3.8) is 0 Å². The van der Waals surface area contributed by atoms with E-state index in [9.17, 15) is 4.79 Å². The average molecular weight is 440 g/mol. The number of thiophene rings is 1. The Kier molecular flexibility index (Phi) is 6.44. The van der Waals surface area contributed by atoms with Crippen LogP contribution in [0, 0.1) is 0 Å². The zero-order valence-electron chi connectivity index (χ0n) is 18.1. The van der Waals surface area contributed by atoms with Gasteiger partial charge >= 0.3 is 0 Å². The van der Waals surface area contributed by atoms with Crippen LogP contribution in [0.4, 0.5) is 5.69 Å². The summed E-state index contributed by atoms with van der Waals surface area (Å²) in [5, 5.41) is 5.34. The quantitative estimate of drug-likeness (QED) is 0.350. The second-order valence-corrected chi connectivity index (χ2v) is 10.6. The van der Waals surface area contributed by atoms with Gasteiger partial charge in [-0.2, -0.15) is 0 Å². The molecule has 1 N–H and O–H groups in total. The second kappa shape index (κ2) is 9.06. The minimum atomic E-state index is 0.0193. The van der Waals surface area contributed by atoms with Crippen molar-refractivity contribution in [2.24, 2.45) is 0 Å². The maximum absolute atomic E-state index is 12.9. The van der Waals surface area contributed by atoms with E-state index < -0.39 is 0 Å². The SMILES string of the molecule is CC(C)c1cccc(C(C)C)c1NC(=O)CSc1ncnc2sc3c(c12)CCCC3. The number of nitrogens with zero attached hydrogens (tertiary/aromatic N) is 2. The van der Waals surface area contributed by atoms with Crippen LogP contribution in [0.25, 0.3) is 10.2 Å². The lowest BCUT2D eigenvalue weighted by atomic mass is 9.92. The normalized spacial score (nSPS) is 13.8. The van der Waals surface area contributed by atoms with E-state index in [2.05, 4.69) is 61.2 Å². The molecule has 4 nitrogen and oxygen atoms in total. The van der Waals surface area contributed by atoms with Crippen LogP contribution in [-0.2, 0) is 17.6 Å². The molecule has 2 heterocycles. The van der Waals surface area contributed by atoms with E-state index in [-0.39, 0.29) is 5.91 Å². The summed E-state index contributed by atoms with van der Waals surface area (Å²) in [6.07, 6.45) is 6.36. The number of hydrogen-bond acceptors (Lipinski definition) is 5. The van der Waals surface area contributed by atoms with E-state index >= 15 is 0 Å². The van der Waals surface area contributed by atoms with E-state index in [4.69, 9.17) is 0 Å². The zero-order chi connectivity index (χ0) is 21.3. The molecule has 0 aliphatic heterocycles. The number of carbonyl (C=O) groups excluding carboxylic acids is 1. The summed E-state index contributed by atoms with van der Waals surface area (Å²) >= 11 is 3.32. The topological polar surface area (TPSA) is 54.9 Å². The van der Waals surface area contributed by atoms with E-state index in [0.717, 1.165) is 28.4 Å². The molecule has 0 bridgehead atoms. The van der Waals surface area contributed by atoms with Gasteiger partial charge in [-0.1, -0.05) is 57.7 Å². The molecule has 30 heavy (non-hydrogen) atoms. The van der Waals surface area contributed by atoms with Crippen LogP contribution in [0.5, 0.6) is 0 Å². The lowest BCUT2D eigenvalue weighted by molar-refractivity contribution is -0.113. The summed E-state index contributed by atoms with van der Waals surface area (Å²) < 4.78 is 0. The van der Waals surface area contributed by atoms with Crippen molar-refractivity contribution in [1.29, 1.82) is 0 Å². The first-order valence-electron chi connectivity index (χ1n) is 10.8. The molecule has 1 aromatic carbocycles. The molecular weight excluding hydrogens is 410 g/mol. The summed E-state index contributed by atoms with van der Waals surface area (Å²) in [7, 11) is 0. The number of fused-ring (bicyclic) bond motifs is 3. The number of para-hydroxylation sites is 1. The second-order valence-electron chi connectivity index (χ2n) is 8.53. The van der Waals surface area contributed by atoms with Gasteiger partial charge in [-0.3, -0.25) is 4.79 Å². The van der Waals surface area contributed by atoms with Gasteiger partial charge in [-0.05, 0) is 54.2 Å². The molecule has 3 aromatic rings. The van der Waals surface area contributed by atoms with Crippen LogP contribution in [-0.4, -0.2) is 21.6 Å². The number of nitrogens with one attached hydrogen (secondary N) is 1. The predicted molar refractivity (Wildman–Crippen MR) is 128 cm³/mol. The number of aromatic nitrogens is 2. The standard InChI is InChI=1S/C24H29N3OS2/c1-14(2)16-9-7-10-17(15(3)4)22(16)27-20(28)12-29-23-21-18-8-5-6-11-19(18)30-24(21)26-13-25-23/h7,9-10,13-15H,5-6,8,11-12H2,1-4H3,(H,27,28). The van der Waals surface area contributed by atoms with Gasteiger partial charge in [0.05, 0.1) is 5.75 Å². The summed E-state index contributed by atoms with van der Waals surface area (Å²) in [6.45, 7) is 8.67. The summed E-state index contributed by atoms with van der Waals surface area (Å²) in [4.78, 5) is 24.5. The highest BCUT2D eigenvalue weighted by molar-refractivity contribution is 8.00. The van der Waals surface area contributed by atoms with Crippen molar-refractivity contribution >= 4 is 44.9 Å². The van der Waals surface area contributed by atoms with E-state index in [1.54, 1.807) is 17.7 Å². The fourth-order valence-electron chi connectivity index (χ4n) is 4.18. The van der Waals surface area contributed by atoms with Gasteiger partial charge in [0.2, 0.25) is 5.91 Å². The van der Waals surface area contributed by atoms with Gasteiger partial charge in [0.1, 0.15) is 16.2 Å². The van der Waals surface area contributed by atoms with Gasteiger partial charge in [0.15, 0.2) is 0 Å². The van der Waals surface area contributed by atoms with Crippen LogP contribution < -0.4 is 5.32 Å². The van der Waals surface area contributed by atoms with Crippen LogP contribution in [0.3, 0.4) is 0 Å². The fourth-order valence-corrected chi connectivity index (χ4v) is 6.29. The first-order chi connectivity index (χ1) is 14.5. The highest BCUT2D eigenvalue weighted by atomic mass is 32.2. The summed E-state index contributed by atoms with van der Waals surface area (Å²) in [6, 6.07) is 6.32. The average Bonchev–Trinajstić information content (AvgIpc) is 3.11. The molecule has 0 fully saturated rings. The summed E-state index contributed by atoms with van der Waals surface area (Å²) in [5.41, 5.74) is 4.78. The van der Waals surface area contributed by atoms with Crippen molar-refractivity contribution in [1.82, 2.24) is 9.97 Å². The van der Waals surface area contributed by atoms with Crippen LogP contribution in [0.15, 0.2) is 29.6 Å². The molecule has 0 atom stereocenters. The number of hydrogen-bond donors (Lipinski definition) is 1. The van der Waals surface area contributed by atoms with Gasteiger partial charge in [0.25, 0.3) is 0 Å². The maximum Gasteiger partial charge on any atom is 0.234 e. The third-order valence-electron chi connectivity index (χ3n) is 5.69. The van der Waals surface area contributed by atoms with E-state index in [1.165, 1.54) is 51.6 Å². The third-order valence-corrected chi connectivity index (χ3v) is 7.88. The Morgan fingerprint density at radius 2 is 1.80 bits per heavy atom. The Bertz CT molecular complexity index is 1050. The minimum Gasteiger partial charge on any atom is -0.325 e. The molecule has 0 saturated carbocycles. The molecular formula is C24H29N3OS2. The lowest BCUT2D eigenvalue weighted by Gasteiger charge is -2.20. The molecule has 0 spiro atoms. The molecule has 4 rings (SSSR count). The predicted octanol–water partition coefficient (Wildman–Crippen LogP) is 6.55. The van der Waals surface area contributed by atoms with Crippen molar-refractivity contribution in [3.8, 4) is 0 Å². The van der Waals surface area contributed by atoms with Crippen LogP contribution >= 0.6 is 23.1 Å². The molecule has 0 saturated heterocycles. The van der Waals surface area contributed by atoms with Crippen molar-refractivity contribution in [3.05, 3.63) is 46.1 Å². The first-order valence-corrected chi connectivity index (χ1v) is 12.6. The number of thioether (sulfide) groups is 1. The largest absolute Gasteiger partial charge is 0.325 e. The molecule has 1 aliphatic rings. The Morgan fingerprint density at radius 1 is 1.10 bits per heavy atom. The highest BCUT2D eigenvalue weighted by Crippen LogP contribution is 2.39. The van der Waals surface area contributed by atoms with Gasteiger partial charge in [-0.15, -0.1) is 11.3 Å². The van der Waals surface area contributed by atoms with E-state index in [1.807, 2.05) is 0 Å². The third kappa shape index (κ3) is 4.26. The highest BCUT2D eigenvalue weighted by Gasteiger charge is 2.21. The number of anilines is 1. The van der Waals surface area contributed by atoms with Crippen molar-refractivity contribution in [2.75, 3.05) is 11.1 Å². The molecule has 158 valence electrons. The molecule has 1 amide bonds. The number of amides is 1. The maximum atomic E-state index is 12.9. The fraction of sp³-hybridized carbons (Fsp3) is 0.458. The smallest absolute Gasteiger partial charge is 0.234 e. The molecule has 2 aromatic heterocycles. The molecule has 1 aliphatic carbocycles. The van der Waals surface area contributed by atoms with Crippen molar-refractivity contribution in [2.45, 2.75) is 70.2 Å². The molecule has 0 radical (unpaired) electrons. The summed E-state index contributed by atoms with van der Waals surface area (Å²) in [5.74, 6) is 1.07. The Labute approximate surface area is 186 Å². The van der Waals surface area contributed by atoms with Gasteiger partial charge in [0, 0.05) is 16.0 Å². The number of rotatable bonds is 6. The Balaban J connectivity index is 1.55. The molecule has 0 unspecified atom stereocenters. The van der Waals surface area contributed by atoms with Crippen LogP contribution in [0.1, 0.15) is 73.9 Å². The monoisotopic (exact) mass is 439 g/mol. The minimum absolute atomic E-state index is 0.0193. The number of benzene rings is 1. The number of aryl methyl sites for hydroxylation is 2. The molecule has 6 heteroatoms. The number of carbonyl (C=O) groups is 1. The van der Waals surface area contributed by atoms with Crippen molar-refractivity contribution < 1.29 is 4.79 Å². The van der Waals surface area contributed by atoms with Gasteiger partial charge in [-0.25, -0.2) is 9.97 Å².